The number of halogens is 3. The number of pyridine rings is 1. The van der Waals surface area contributed by atoms with Crippen LogP contribution in [0.5, 0.6) is 0 Å². The van der Waals surface area contributed by atoms with Gasteiger partial charge in [-0.3, -0.25) is 9.78 Å². The van der Waals surface area contributed by atoms with E-state index >= 15 is 0 Å². The minimum absolute atomic E-state index is 0.0145. The highest BCUT2D eigenvalue weighted by atomic mass is 19.4. The molecule has 7 heteroatoms. The van der Waals surface area contributed by atoms with Gasteiger partial charge in [0.2, 0.25) is 0 Å². The second-order valence-corrected chi connectivity index (χ2v) is 3.88. The lowest BCUT2D eigenvalue weighted by Gasteiger charge is -2.07. The van der Waals surface area contributed by atoms with Gasteiger partial charge in [0.1, 0.15) is 11.5 Å². The van der Waals surface area contributed by atoms with Gasteiger partial charge in [-0.2, -0.15) is 13.2 Å². The molecule has 1 aromatic rings. The normalized spacial score (nSPS) is 13.1. The van der Waals surface area contributed by atoms with Gasteiger partial charge in [-0.05, 0) is 32.1 Å². The van der Waals surface area contributed by atoms with Crippen molar-refractivity contribution in [3.63, 3.8) is 0 Å². The van der Waals surface area contributed by atoms with Gasteiger partial charge in [0.15, 0.2) is 0 Å². The van der Waals surface area contributed by atoms with Gasteiger partial charge in [0, 0.05) is 12.4 Å². The summed E-state index contributed by atoms with van der Waals surface area (Å²) in [6, 6.07) is 1.82. The number of alkyl halides is 3. The number of allylic oxidation sites excluding steroid dienone is 2. The number of nitrogens with one attached hydrogen (secondary N) is 1. The minimum Gasteiger partial charge on any atom is -0.307 e. The monoisotopic (exact) mass is 297 g/mol. The molecule has 1 rings (SSSR count). The molecule has 0 saturated carbocycles. The number of amides is 1. The smallest absolute Gasteiger partial charge is 0.307 e. The average molecular weight is 297 g/mol. The SMILES string of the molecule is C\C=C/C(=N\C=C\C)NC(=O)c1ccc(C(F)(F)F)nc1. The maximum absolute atomic E-state index is 12.4. The fraction of sp³-hybridized carbons (Fsp3) is 0.214. The number of amidine groups is 1. The summed E-state index contributed by atoms with van der Waals surface area (Å²) >= 11 is 0. The van der Waals surface area contributed by atoms with Crippen LogP contribution in [-0.2, 0) is 6.18 Å². The maximum Gasteiger partial charge on any atom is 0.433 e. The maximum atomic E-state index is 12.4. The summed E-state index contributed by atoms with van der Waals surface area (Å²) in [5.41, 5.74) is -1.03. The summed E-state index contributed by atoms with van der Waals surface area (Å²) in [5, 5.41) is 2.48. The lowest BCUT2D eigenvalue weighted by atomic mass is 10.2. The first kappa shape index (κ1) is 16.6. The van der Waals surface area contributed by atoms with Gasteiger partial charge < -0.3 is 5.32 Å². The number of rotatable bonds is 3. The lowest BCUT2D eigenvalue weighted by Crippen LogP contribution is -2.29. The Kier molecular flexibility index (Phi) is 5.83. The van der Waals surface area contributed by atoms with Crippen LogP contribution >= 0.6 is 0 Å². The standard InChI is InChI=1S/C14H14F3N3O/c1-3-5-12(18-8-4-2)20-13(21)10-6-7-11(19-9-10)14(15,16)17/h3-9H,1-2H3,(H,18,20,21)/b5-3-,8-4+. The van der Waals surface area contributed by atoms with E-state index in [1.54, 1.807) is 32.1 Å². The van der Waals surface area contributed by atoms with E-state index < -0.39 is 17.8 Å². The van der Waals surface area contributed by atoms with E-state index in [9.17, 15) is 18.0 Å². The molecule has 1 N–H and O–H groups in total. The van der Waals surface area contributed by atoms with Crippen LogP contribution in [0.25, 0.3) is 0 Å². The van der Waals surface area contributed by atoms with Gasteiger partial charge in [-0.15, -0.1) is 0 Å². The van der Waals surface area contributed by atoms with Crippen molar-refractivity contribution in [2.75, 3.05) is 0 Å². The number of nitrogens with zero attached hydrogens (tertiary/aromatic N) is 2. The quantitative estimate of drug-likeness (QED) is 0.687. The molecule has 21 heavy (non-hydrogen) atoms. The molecule has 0 spiro atoms. The predicted octanol–water partition coefficient (Wildman–Crippen LogP) is 3.34. The van der Waals surface area contributed by atoms with Crippen molar-refractivity contribution in [3.05, 3.63) is 54.0 Å². The fourth-order valence-corrected chi connectivity index (χ4v) is 1.31. The summed E-state index contributed by atoms with van der Waals surface area (Å²) in [6.07, 6.45) is 2.75. The van der Waals surface area contributed by atoms with Crippen molar-refractivity contribution >= 4 is 11.7 Å². The molecule has 0 aliphatic rings. The molecule has 0 saturated heterocycles. The van der Waals surface area contributed by atoms with Gasteiger partial charge in [0.25, 0.3) is 5.91 Å². The summed E-state index contributed by atoms with van der Waals surface area (Å²) < 4.78 is 37.1. The Morgan fingerprint density at radius 3 is 2.48 bits per heavy atom. The van der Waals surface area contributed by atoms with E-state index in [2.05, 4.69) is 15.3 Å². The summed E-state index contributed by atoms with van der Waals surface area (Å²) in [4.78, 5) is 19.1. The molecule has 0 aromatic carbocycles. The lowest BCUT2D eigenvalue weighted by molar-refractivity contribution is -0.141. The number of aliphatic imine (C=N–C) groups is 1. The van der Waals surface area contributed by atoms with Crippen molar-refractivity contribution in [1.29, 1.82) is 0 Å². The molecule has 0 bridgehead atoms. The van der Waals surface area contributed by atoms with Crippen LogP contribution < -0.4 is 5.32 Å². The first-order chi connectivity index (χ1) is 9.88. The summed E-state index contributed by atoms with van der Waals surface area (Å²) in [7, 11) is 0. The highest BCUT2D eigenvalue weighted by molar-refractivity contribution is 6.10. The van der Waals surface area contributed by atoms with E-state index in [1.165, 1.54) is 6.20 Å². The van der Waals surface area contributed by atoms with Crippen LogP contribution in [0.1, 0.15) is 29.9 Å². The number of hydrogen-bond donors (Lipinski definition) is 1. The van der Waals surface area contributed by atoms with Crippen LogP contribution in [0.15, 0.2) is 47.7 Å². The van der Waals surface area contributed by atoms with E-state index in [0.29, 0.717) is 0 Å². The minimum atomic E-state index is -4.53. The van der Waals surface area contributed by atoms with Crippen molar-refractivity contribution in [2.24, 2.45) is 4.99 Å². The molecule has 0 atom stereocenters. The zero-order valence-corrected chi connectivity index (χ0v) is 11.5. The van der Waals surface area contributed by atoms with Gasteiger partial charge in [0.05, 0.1) is 5.56 Å². The van der Waals surface area contributed by atoms with Gasteiger partial charge in [-0.1, -0.05) is 12.2 Å². The third-order valence-corrected chi connectivity index (χ3v) is 2.24. The third kappa shape index (κ3) is 5.21. The number of hydrogen-bond acceptors (Lipinski definition) is 3. The Labute approximate surface area is 120 Å². The molecule has 0 aliphatic heterocycles. The van der Waals surface area contributed by atoms with Crippen molar-refractivity contribution in [2.45, 2.75) is 20.0 Å². The zero-order valence-electron chi connectivity index (χ0n) is 11.5. The topological polar surface area (TPSA) is 54.4 Å². The van der Waals surface area contributed by atoms with Crippen molar-refractivity contribution in [1.82, 2.24) is 10.3 Å². The van der Waals surface area contributed by atoms with E-state index in [1.807, 2.05) is 0 Å². The van der Waals surface area contributed by atoms with E-state index in [4.69, 9.17) is 0 Å². The molecule has 112 valence electrons. The van der Waals surface area contributed by atoms with E-state index in [0.717, 1.165) is 18.3 Å². The largest absolute Gasteiger partial charge is 0.433 e. The zero-order chi connectivity index (χ0) is 15.9. The van der Waals surface area contributed by atoms with Crippen LogP contribution in [-0.4, -0.2) is 16.7 Å². The van der Waals surface area contributed by atoms with Crippen LogP contribution in [0.4, 0.5) is 13.2 Å². The highest BCUT2D eigenvalue weighted by Gasteiger charge is 2.32. The molecule has 0 fully saturated rings. The van der Waals surface area contributed by atoms with Crippen molar-refractivity contribution in [3.8, 4) is 0 Å². The van der Waals surface area contributed by atoms with Crippen LogP contribution in [0.2, 0.25) is 0 Å². The first-order valence-electron chi connectivity index (χ1n) is 6.04. The summed E-state index contributed by atoms with van der Waals surface area (Å²) in [5.74, 6) is -0.307. The van der Waals surface area contributed by atoms with E-state index in [-0.39, 0.29) is 11.4 Å². The molecule has 1 aromatic heterocycles. The first-order valence-corrected chi connectivity index (χ1v) is 6.04. The molecule has 0 radical (unpaired) electrons. The number of aromatic nitrogens is 1. The molecular weight excluding hydrogens is 283 g/mol. The second-order valence-electron chi connectivity index (χ2n) is 3.88. The molecular formula is C14H14F3N3O. The Morgan fingerprint density at radius 1 is 1.29 bits per heavy atom. The molecule has 0 unspecified atom stereocenters. The molecule has 4 nitrogen and oxygen atoms in total. The molecule has 1 heterocycles. The van der Waals surface area contributed by atoms with Gasteiger partial charge >= 0.3 is 6.18 Å². The van der Waals surface area contributed by atoms with Crippen LogP contribution in [0, 0.1) is 0 Å². The third-order valence-electron chi connectivity index (χ3n) is 2.24. The fourth-order valence-electron chi connectivity index (χ4n) is 1.31. The molecule has 1 amide bonds. The Hall–Kier alpha value is -2.44. The predicted molar refractivity (Wildman–Crippen MR) is 73.8 cm³/mol. The number of carbonyl (C=O) groups excluding carboxylic acids is 1. The molecule has 0 aliphatic carbocycles. The highest BCUT2D eigenvalue weighted by Crippen LogP contribution is 2.27. The number of carbonyl (C=O) groups is 1. The van der Waals surface area contributed by atoms with Crippen molar-refractivity contribution < 1.29 is 18.0 Å². The van der Waals surface area contributed by atoms with Gasteiger partial charge in [-0.25, -0.2) is 4.99 Å². The Balaban J connectivity index is 2.88. The van der Waals surface area contributed by atoms with Crippen LogP contribution in [0.3, 0.4) is 0 Å². The Morgan fingerprint density at radius 2 is 2.00 bits per heavy atom. The summed E-state index contributed by atoms with van der Waals surface area (Å²) in [6.45, 7) is 3.51. The average Bonchev–Trinajstić information content (AvgIpc) is 2.44. The second kappa shape index (κ2) is 7.37. The Bertz CT molecular complexity index is 572.